The molecule has 1 aliphatic rings. The first-order valence-electron chi connectivity index (χ1n) is 6.51. The number of nitro benzene ring substituents is 1. The van der Waals surface area contributed by atoms with Crippen LogP contribution in [0.4, 0.5) is 5.69 Å². The number of benzene rings is 1. The summed E-state index contributed by atoms with van der Waals surface area (Å²) in [7, 11) is 1.39. The highest BCUT2D eigenvalue weighted by atomic mass is 35.5. The number of carbonyl (C=O) groups is 1. The highest BCUT2D eigenvalue weighted by Crippen LogP contribution is 2.52. The molecule has 1 aromatic carbocycles. The van der Waals surface area contributed by atoms with E-state index in [4.69, 9.17) is 16.3 Å². The Bertz CT molecular complexity index is 587. The van der Waals surface area contributed by atoms with Crippen molar-refractivity contribution in [3.63, 3.8) is 0 Å². The van der Waals surface area contributed by atoms with Gasteiger partial charge in [0.05, 0.1) is 18.5 Å². The van der Waals surface area contributed by atoms with Gasteiger partial charge in [-0.2, -0.15) is 0 Å². The molecule has 0 heterocycles. The Morgan fingerprint density at radius 2 is 2.19 bits per heavy atom. The fourth-order valence-corrected chi connectivity index (χ4v) is 3.74. The third-order valence-corrected chi connectivity index (χ3v) is 5.49. The van der Waals surface area contributed by atoms with Gasteiger partial charge >= 0.3 is 5.97 Å². The molecule has 1 aliphatic carbocycles. The van der Waals surface area contributed by atoms with E-state index in [0.29, 0.717) is 6.42 Å². The number of halogens is 1. The zero-order valence-corrected chi connectivity index (χ0v) is 13.4. The molecule has 0 aliphatic heterocycles. The van der Waals surface area contributed by atoms with Crippen molar-refractivity contribution in [1.29, 1.82) is 0 Å². The number of esters is 1. The van der Waals surface area contributed by atoms with Crippen LogP contribution in [0.15, 0.2) is 17.0 Å². The quantitative estimate of drug-likeness (QED) is 0.341. The summed E-state index contributed by atoms with van der Waals surface area (Å²) >= 11 is 7.53. The van der Waals surface area contributed by atoms with Crippen molar-refractivity contribution in [2.75, 3.05) is 12.9 Å². The van der Waals surface area contributed by atoms with E-state index in [1.165, 1.54) is 13.2 Å². The lowest BCUT2D eigenvalue weighted by Gasteiger charge is -2.14. The molecule has 0 radical (unpaired) electrons. The third-order valence-electron chi connectivity index (χ3n) is 3.68. The molecule has 0 N–H and O–H groups in total. The number of ether oxygens (including phenoxy) is 1. The Balaban J connectivity index is 2.06. The van der Waals surface area contributed by atoms with Crippen LogP contribution >= 0.6 is 23.4 Å². The van der Waals surface area contributed by atoms with Gasteiger partial charge in [0, 0.05) is 16.7 Å². The predicted molar refractivity (Wildman–Crippen MR) is 81.9 cm³/mol. The molecule has 114 valence electrons. The van der Waals surface area contributed by atoms with Crippen LogP contribution in [0.25, 0.3) is 0 Å². The Morgan fingerprint density at radius 3 is 2.71 bits per heavy atom. The van der Waals surface area contributed by atoms with Crippen LogP contribution in [0.2, 0.25) is 5.02 Å². The monoisotopic (exact) mass is 329 g/mol. The first kappa shape index (κ1) is 16.1. The average molecular weight is 330 g/mol. The van der Waals surface area contributed by atoms with Crippen LogP contribution in [0, 0.1) is 22.5 Å². The van der Waals surface area contributed by atoms with E-state index in [1.54, 1.807) is 17.8 Å². The van der Waals surface area contributed by atoms with Gasteiger partial charge in [-0.05, 0) is 36.8 Å². The smallest absolute Gasteiger partial charge is 0.306 e. The summed E-state index contributed by atoms with van der Waals surface area (Å²) in [5, 5.41) is 11.0. The van der Waals surface area contributed by atoms with Crippen LogP contribution in [0.1, 0.15) is 24.8 Å². The number of rotatable bonds is 6. The lowest BCUT2D eigenvalue weighted by Crippen LogP contribution is -2.13. The van der Waals surface area contributed by atoms with Crippen LogP contribution in [-0.4, -0.2) is 23.8 Å². The molecule has 7 heteroatoms. The number of methoxy groups -OCH3 is 1. The molecule has 0 bridgehead atoms. The summed E-state index contributed by atoms with van der Waals surface area (Å²) in [5.74, 6) is 0.600. The van der Waals surface area contributed by atoms with E-state index in [1.807, 2.05) is 6.92 Å². The maximum absolute atomic E-state index is 11.4. The van der Waals surface area contributed by atoms with E-state index >= 15 is 0 Å². The maximum atomic E-state index is 11.4. The summed E-state index contributed by atoms with van der Waals surface area (Å²) in [4.78, 5) is 22.7. The molecule has 5 nitrogen and oxygen atoms in total. The Hall–Kier alpha value is -1.27. The normalized spacial score (nSPS) is 15.6. The molecule has 0 unspecified atom stereocenters. The molecule has 0 saturated heterocycles. The number of thioether (sulfide) groups is 1. The Morgan fingerprint density at radius 1 is 1.52 bits per heavy atom. The number of carbonyl (C=O) groups excluding carboxylic acids is 1. The van der Waals surface area contributed by atoms with Crippen molar-refractivity contribution < 1.29 is 14.5 Å². The van der Waals surface area contributed by atoms with E-state index in [2.05, 4.69) is 0 Å². The first-order valence-corrected chi connectivity index (χ1v) is 7.87. The summed E-state index contributed by atoms with van der Waals surface area (Å²) in [6.45, 7) is 1.82. The minimum Gasteiger partial charge on any atom is -0.469 e. The van der Waals surface area contributed by atoms with Crippen LogP contribution in [0.5, 0.6) is 0 Å². The lowest BCUT2D eigenvalue weighted by molar-refractivity contribution is -0.384. The SMILES string of the molecule is COC(=O)CC1(CSc2cc(Cl)c([N+](=O)[O-])cc2C)CC1. The molecule has 0 amide bonds. The second-order valence-corrected chi connectivity index (χ2v) is 6.79. The number of hydrogen-bond donors (Lipinski definition) is 0. The van der Waals surface area contributed by atoms with E-state index in [-0.39, 0.29) is 22.1 Å². The zero-order valence-electron chi connectivity index (χ0n) is 11.8. The molecule has 0 atom stereocenters. The second kappa shape index (κ2) is 6.23. The van der Waals surface area contributed by atoms with Crippen molar-refractivity contribution in [2.24, 2.45) is 5.41 Å². The topological polar surface area (TPSA) is 69.4 Å². The fraction of sp³-hybridized carbons (Fsp3) is 0.500. The van der Waals surface area contributed by atoms with Gasteiger partial charge in [-0.1, -0.05) is 11.6 Å². The summed E-state index contributed by atoms with van der Waals surface area (Å²) in [6, 6.07) is 3.12. The molecule has 21 heavy (non-hydrogen) atoms. The van der Waals surface area contributed by atoms with Gasteiger partial charge in [0.25, 0.3) is 5.69 Å². The molecule has 1 fully saturated rings. The maximum Gasteiger partial charge on any atom is 0.306 e. The summed E-state index contributed by atoms with van der Waals surface area (Å²) in [6.07, 6.45) is 2.44. The minimum absolute atomic E-state index is 0.0124. The highest BCUT2D eigenvalue weighted by Gasteiger charge is 2.44. The lowest BCUT2D eigenvalue weighted by atomic mass is 10.1. The molecular formula is C14H16ClNO4S. The number of nitrogens with zero attached hydrogens (tertiary/aromatic N) is 1. The van der Waals surface area contributed by atoms with Crippen molar-refractivity contribution in [2.45, 2.75) is 31.1 Å². The van der Waals surface area contributed by atoms with E-state index < -0.39 is 4.92 Å². The molecule has 0 aromatic heterocycles. The van der Waals surface area contributed by atoms with E-state index in [9.17, 15) is 14.9 Å². The summed E-state index contributed by atoms with van der Waals surface area (Å²) < 4.78 is 4.72. The van der Waals surface area contributed by atoms with Crippen molar-refractivity contribution in [1.82, 2.24) is 0 Å². The fourth-order valence-electron chi connectivity index (χ4n) is 2.10. The predicted octanol–water partition coefficient (Wildman–Crippen LogP) is 3.99. The molecule has 0 spiro atoms. The minimum atomic E-state index is -0.483. The second-order valence-electron chi connectivity index (χ2n) is 5.37. The first-order chi connectivity index (χ1) is 9.87. The van der Waals surface area contributed by atoms with Gasteiger partial charge in [-0.25, -0.2) is 0 Å². The van der Waals surface area contributed by atoms with E-state index in [0.717, 1.165) is 29.1 Å². The van der Waals surface area contributed by atoms with Gasteiger partial charge in [0.1, 0.15) is 5.02 Å². The number of nitro groups is 1. The van der Waals surface area contributed by atoms with Crippen molar-refractivity contribution >= 4 is 35.0 Å². The molecular weight excluding hydrogens is 314 g/mol. The third kappa shape index (κ3) is 3.89. The average Bonchev–Trinajstić information content (AvgIpc) is 3.19. The molecule has 2 rings (SSSR count). The van der Waals surface area contributed by atoms with Gasteiger partial charge in [0.15, 0.2) is 0 Å². The van der Waals surface area contributed by atoms with Gasteiger partial charge in [-0.3, -0.25) is 14.9 Å². The van der Waals surface area contributed by atoms with Gasteiger partial charge in [-0.15, -0.1) is 11.8 Å². The van der Waals surface area contributed by atoms with Crippen LogP contribution in [0.3, 0.4) is 0 Å². The zero-order chi connectivity index (χ0) is 15.6. The van der Waals surface area contributed by atoms with Crippen LogP contribution < -0.4 is 0 Å². The van der Waals surface area contributed by atoms with Gasteiger partial charge < -0.3 is 4.74 Å². The Labute approximate surface area is 132 Å². The van der Waals surface area contributed by atoms with Crippen molar-refractivity contribution in [3.05, 3.63) is 32.8 Å². The standard InChI is InChI=1S/C14H16ClNO4S/c1-9-5-11(16(18)19)10(15)6-12(9)21-8-14(3-4-14)7-13(17)20-2/h5-6H,3-4,7-8H2,1-2H3. The largest absolute Gasteiger partial charge is 0.469 e. The number of aryl methyl sites for hydroxylation is 1. The van der Waals surface area contributed by atoms with Crippen molar-refractivity contribution in [3.8, 4) is 0 Å². The van der Waals surface area contributed by atoms with Gasteiger partial charge in [0.2, 0.25) is 0 Å². The highest BCUT2D eigenvalue weighted by molar-refractivity contribution is 7.99. The summed E-state index contributed by atoms with van der Waals surface area (Å²) in [5.41, 5.74) is 0.762. The molecule has 1 saturated carbocycles. The Kier molecular flexibility index (Phi) is 4.78. The number of hydrogen-bond acceptors (Lipinski definition) is 5. The molecule has 1 aromatic rings. The van der Waals surface area contributed by atoms with Crippen LogP contribution in [-0.2, 0) is 9.53 Å².